The molecule has 0 bridgehead atoms. The van der Waals surface area contributed by atoms with Crippen molar-refractivity contribution in [1.82, 2.24) is 4.90 Å². The Labute approximate surface area is 58.0 Å². The lowest BCUT2D eigenvalue weighted by Crippen LogP contribution is -2.39. The first kappa shape index (κ1) is 7.07. The van der Waals surface area contributed by atoms with Gasteiger partial charge in [-0.05, 0) is 39.3 Å². The highest BCUT2D eigenvalue weighted by atomic mass is 15.1. The Morgan fingerprint density at radius 2 is 2.00 bits per heavy atom. The molecule has 0 amide bonds. The quantitative estimate of drug-likeness (QED) is 0.479. The fourth-order valence-corrected chi connectivity index (χ4v) is 1.54. The molecular weight excluding hydrogens is 110 g/mol. The smallest absolute Gasteiger partial charge is 0.00895 e. The minimum absolute atomic E-state index is 0.804. The highest BCUT2D eigenvalue weighted by molar-refractivity contribution is 4.75. The average Bonchev–Trinajstić information content (AvgIpc) is 1.83. The van der Waals surface area contributed by atoms with Gasteiger partial charge in [0.25, 0.3) is 0 Å². The minimum atomic E-state index is 0.804. The summed E-state index contributed by atoms with van der Waals surface area (Å²) in [5.74, 6) is 0.906. The maximum absolute atomic E-state index is 2.45. The van der Waals surface area contributed by atoms with Crippen molar-refractivity contribution in [2.75, 3.05) is 13.6 Å². The van der Waals surface area contributed by atoms with E-state index in [9.17, 15) is 0 Å². The van der Waals surface area contributed by atoms with Crippen molar-refractivity contribution in [3.8, 4) is 0 Å². The Morgan fingerprint density at radius 1 is 1.33 bits per heavy atom. The first-order chi connectivity index (χ1) is 4.22. The number of piperidine rings is 1. The second-order valence-corrected chi connectivity index (χ2v) is 3.34. The Bertz CT molecular complexity index is 80.6. The molecule has 0 aromatic heterocycles. The van der Waals surface area contributed by atoms with Crippen LogP contribution in [0, 0.1) is 5.92 Å². The van der Waals surface area contributed by atoms with E-state index in [0.717, 1.165) is 12.0 Å². The van der Waals surface area contributed by atoms with Crippen molar-refractivity contribution in [3.05, 3.63) is 0 Å². The summed E-state index contributed by atoms with van der Waals surface area (Å²) < 4.78 is 0. The van der Waals surface area contributed by atoms with Crippen molar-refractivity contribution in [2.24, 2.45) is 5.92 Å². The Morgan fingerprint density at radius 3 is 2.44 bits per heavy atom. The molecule has 0 aliphatic carbocycles. The van der Waals surface area contributed by atoms with Gasteiger partial charge in [0.15, 0.2) is 0 Å². The fraction of sp³-hybridized carbons (Fsp3) is 1.00. The number of rotatable bonds is 0. The van der Waals surface area contributed by atoms with Gasteiger partial charge in [-0.25, -0.2) is 0 Å². The van der Waals surface area contributed by atoms with Crippen molar-refractivity contribution >= 4 is 0 Å². The van der Waals surface area contributed by atoms with Gasteiger partial charge in [0.1, 0.15) is 0 Å². The molecule has 1 saturated heterocycles. The second-order valence-electron chi connectivity index (χ2n) is 3.34. The van der Waals surface area contributed by atoms with Crippen LogP contribution in [0.2, 0.25) is 0 Å². The van der Waals surface area contributed by atoms with E-state index in [1.807, 2.05) is 0 Å². The van der Waals surface area contributed by atoms with Gasteiger partial charge >= 0.3 is 0 Å². The van der Waals surface area contributed by atoms with Gasteiger partial charge in [0.2, 0.25) is 0 Å². The number of hydrogen-bond acceptors (Lipinski definition) is 1. The molecule has 0 spiro atoms. The normalized spacial score (nSPS) is 39.0. The molecule has 0 unspecified atom stereocenters. The van der Waals surface area contributed by atoms with E-state index in [-0.39, 0.29) is 0 Å². The van der Waals surface area contributed by atoms with Crippen LogP contribution in [0.15, 0.2) is 0 Å². The van der Waals surface area contributed by atoms with E-state index in [1.54, 1.807) is 0 Å². The zero-order valence-electron chi connectivity index (χ0n) is 6.72. The molecule has 0 N–H and O–H groups in total. The maximum Gasteiger partial charge on any atom is 0.00895 e. The molecule has 1 nitrogen and oxygen atoms in total. The van der Waals surface area contributed by atoms with Crippen LogP contribution in [0.5, 0.6) is 0 Å². The molecule has 0 radical (unpaired) electrons. The Hall–Kier alpha value is -0.0400. The molecule has 1 rings (SSSR count). The summed E-state index contributed by atoms with van der Waals surface area (Å²) >= 11 is 0. The van der Waals surface area contributed by atoms with Gasteiger partial charge in [-0.3, -0.25) is 0 Å². The van der Waals surface area contributed by atoms with Gasteiger partial charge in [-0.2, -0.15) is 0 Å². The number of hydrogen-bond donors (Lipinski definition) is 0. The first-order valence-electron chi connectivity index (χ1n) is 3.92. The zero-order chi connectivity index (χ0) is 6.85. The standard InChI is InChI=1S/C8H17N/c1-7-5-4-6-9(3)8(7)2/h7-8H,4-6H2,1-3H3/t7-,8-/m0/s1. The molecule has 1 aliphatic rings. The summed E-state index contributed by atoms with van der Waals surface area (Å²) in [7, 11) is 2.22. The van der Waals surface area contributed by atoms with Gasteiger partial charge in [0, 0.05) is 6.04 Å². The third kappa shape index (κ3) is 1.45. The Balaban J connectivity index is 2.41. The van der Waals surface area contributed by atoms with E-state index in [1.165, 1.54) is 19.4 Å². The maximum atomic E-state index is 2.45. The van der Waals surface area contributed by atoms with E-state index in [0.29, 0.717) is 0 Å². The molecular formula is C8H17N. The second kappa shape index (κ2) is 2.70. The first-order valence-corrected chi connectivity index (χ1v) is 3.92. The number of nitrogens with zero attached hydrogens (tertiary/aromatic N) is 1. The van der Waals surface area contributed by atoms with Crippen LogP contribution in [0.25, 0.3) is 0 Å². The summed E-state index contributed by atoms with van der Waals surface area (Å²) in [6.07, 6.45) is 2.81. The molecule has 1 heterocycles. The average molecular weight is 127 g/mol. The van der Waals surface area contributed by atoms with Crippen LogP contribution in [0.4, 0.5) is 0 Å². The van der Waals surface area contributed by atoms with Crippen LogP contribution in [0.1, 0.15) is 26.7 Å². The summed E-state index contributed by atoms with van der Waals surface area (Å²) in [6.45, 7) is 5.97. The van der Waals surface area contributed by atoms with Gasteiger partial charge in [-0.1, -0.05) is 6.92 Å². The largest absolute Gasteiger partial charge is 0.303 e. The lowest BCUT2D eigenvalue weighted by Gasteiger charge is -2.34. The van der Waals surface area contributed by atoms with Crippen molar-refractivity contribution in [1.29, 1.82) is 0 Å². The lowest BCUT2D eigenvalue weighted by atomic mass is 9.93. The molecule has 0 aromatic rings. The third-order valence-corrected chi connectivity index (χ3v) is 2.69. The van der Waals surface area contributed by atoms with E-state index < -0.39 is 0 Å². The SMILES string of the molecule is C[C@H]1CCCN(C)[C@H]1C. The summed E-state index contributed by atoms with van der Waals surface area (Å²) in [5, 5.41) is 0. The third-order valence-electron chi connectivity index (χ3n) is 2.69. The molecule has 0 aromatic carbocycles. The van der Waals surface area contributed by atoms with Crippen LogP contribution in [-0.2, 0) is 0 Å². The molecule has 1 fully saturated rings. The fourth-order valence-electron chi connectivity index (χ4n) is 1.54. The topological polar surface area (TPSA) is 3.24 Å². The molecule has 0 saturated carbocycles. The molecule has 2 atom stereocenters. The monoisotopic (exact) mass is 127 g/mol. The van der Waals surface area contributed by atoms with Crippen molar-refractivity contribution in [3.63, 3.8) is 0 Å². The van der Waals surface area contributed by atoms with Crippen LogP contribution < -0.4 is 0 Å². The van der Waals surface area contributed by atoms with Crippen LogP contribution in [-0.4, -0.2) is 24.5 Å². The Kier molecular flexibility index (Phi) is 2.12. The van der Waals surface area contributed by atoms with Gasteiger partial charge in [-0.15, -0.1) is 0 Å². The minimum Gasteiger partial charge on any atom is -0.303 e. The van der Waals surface area contributed by atoms with Gasteiger partial charge in [0.05, 0.1) is 0 Å². The van der Waals surface area contributed by atoms with Gasteiger partial charge < -0.3 is 4.90 Å². The zero-order valence-corrected chi connectivity index (χ0v) is 6.72. The van der Waals surface area contributed by atoms with Crippen LogP contribution >= 0.6 is 0 Å². The summed E-state index contributed by atoms with van der Waals surface area (Å²) in [6, 6.07) is 0.804. The van der Waals surface area contributed by atoms with E-state index in [4.69, 9.17) is 0 Å². The van der Waals surface area contributed by atoms with Crippen molar-refractivity contribution in [2.45, 2.75) is 32.7 Å². The van der Waals surface area contributed by atoms with Crippen LogP contribution in [0.3, 0.4) is 0 Å². The van der Waals surface area contributed by atoms with E-state index in [2.05, 4.69) is 25.8 Å². The lowest BCUT2D eigenvalue weighted by molar-refractivity contribution is 0.145. The highest BCUT2D eigenvalue weighted by Gasteiger charge is 2.20. The summed E-state index contributed by atoms with van der Waals surface area (Å²) in [5.41, 5.74) is 0. The van der Waals surface area contributed by atoms with Crippen molar-refractivity contribution < 1.29 is 0 Å². The predicted molar refractivity (Wildman–Crippen MR) is 40.5 cm³/mol. The molecule has 9 heavy (non-hydrogen) atoms. The molecule has 1 aliphatic heterocycles. The molecule has 54 valence electrons. The number of likely N-dealkylation sites (tertiary alicyclic amines) is 1. The predicted octanol–water partition coefficient (Wildman–Crippen LogP) is 1.74. The van der Waals surface area contributed by atoms with E-state index >= 15 is 0 Å². The highest BCUT2D eigenvalue weighted by Crippen LogP contribution is 2.20. The summed E-state index contributed by atoms with van der Waals surface area (Å²) in [4.78, 5) is 2.45. The molecule has 1 heteroatoms.